The van der Waals surface area contributed by atoms with Gasteiger partial charge >= 0.3 is 0 Å². The number of hydrogen-bond acceptors (Lipinski definition) is 2. The maximum absolute atomic E-state index is 8.77. The Hall–Kier alpha value is -1.27. The SMILES string of the molecule is CC(N)Cc1ccn(CC2(CC#N)CC2)c1. The largest absolute Gasteiger partial charge is 0.353 e. The van der Waals surface area contributed by atoms with Crippen molar-refractivity contribution in [2.45, 2.75) is 45.2 Å². The Morgan fingerprint density at radius 2 is 2.38 bits per heavy atom. The third-order valence-corrected chi connectivity index (χ3v) is 3.30. The second-order valence-corrected chi connectivity index (χ2v) is 5.21. The average molecular weight is 217 g/mol. The van der Waals surface area contributed by atoms with Crippen LogP contribution in [0.1, 0.15) is 31.7 Å². The predicted molar refractivity (Wildman–Crippen MR) is 63.7 cm³/mol. The first-order valence-electron chi connectivity index (χ1n) is 5.91. The number of rotatable bonds is 5. The molecule has 86 valence electrons. The Kier molecular flexibility index (Phi) is 3.02. The van der Waals surface area contributed by atoms with Crippen LogP contribution in [0.15, 0.2) is 18.5 Å². The van der Waals surface area contributed by atoms with Crippen LogP contribution < -0.4 is 5.73 Å². The van der Waals surface area contributed by atoms with E-state index in [1.165, 1.54) is 18.4 Å². The van der Waals surface area contributed by atoms with E-state index in [9.17, 15) is 0 Å². The minimum absolute atomic E-state index is 0.213. The monoisotopic (exact) mass is 217 g/mol. The first kappa shape index (κ1) is 11.2. The third-order valence-electron chi connectivity index (χ3n) is 3.30. The summed E-state index contributed by atoms with van der Waals surface area (Å²) in [5.41, 5.74) is 7.34. The topological polar surface area (TPSA) is 54.7 Å². The lowest BCUT2D eigenvalue weighted by molar-refractivity contribution is 0.432. The molecule has 3 nitrogen and oxygen atoms in total. The van der Waals surface area contributed by atoms with E-state index < -0.39 is 0 Å². The average Bonchev–Trinajstić information content (AvgIpc) is 2.80. The maximum Gasteiger partial charge on any atom is 0.0628 e. The molecule has 0 radical (unpaired) electrons. The highest BCUT2D eigenvalue weighted by Gasteiger charge is 2.42. The molecule has 0 bridgehead atoms. The Balaban J connectivity index is 1.95. The summed E-state index contributed by atoms with van der Waals surface area (Å²) in [6, 6.07) is 4.64. The van der Waals surface area contributed by atoms with Crippen molar-refractivity contribution in [1.29, 1.82) is 5.26 Å². The van der Waals surface area contributed by atoms with E-state index in [-0.39, 0.29) is 11.5 Å². The van der Waals surface area contributed by atoms with Gasteiger partial charge in [0.15, 0.2) is 0 Å². The molecule has 0 aromatic carbocycles. The first-order chi connectivity index (χ1) is 7.63. The zero-order chi connectivity index (χ0) is 11.6. The molecular formula is C13H19N3. The summed E-state index contributed by atoms with van der Waals surface area (Å²) in [5.74, 6) is 0. The van der Waals surface area contributed by atoms with Crippen molar-refractivity contribution < 1.29 is 0 Å². The lowest BCUT2D eigenvalue weighted by atomic mass is 10.0. The van der Waals surface area contributed by atoms with E-state index in [2.05, 4.69) is 29.1 Å². The van der Waals surface area contributed by atoms with Gasteiger partial charge in [-0.15, -0.1) is 0 Å². The van der Waals surface area contributed by atoms with Gasteiger partial charge in [0.1, 0.15) is 0 Å². The smallest absolute Gasteiger partial charge is 0.0628 e. The lowest BCUT2D eigenvalue weighted by Crippen LogP contribution is -2.17. The summed E-state index contributed by atoms with van der Waals surface area (Å²) in [5, 5.41) is 8.77. The number of nitrogens with two attached hydrogens (primary N) is 1. The summed E-state index contributed by atoms with van der Waals surface area (Å²) in [7, 11) is 0. The van der Waals surface area contributed by atoms with Gasteiger partial charge < -0.3 is 10.3 Å². The van der Waals surface area contributed by atoms with Gasteiger partial charge in [-0.3, -0.25) is 0 Å². The fourth-order valence-electron chi connectivity index (χ4n) is 2.20. The first-order valence-corrected chi connectivity index (χ1v) is 5.91. The fourth-order valence-corrected chi connectivity index (χ4v) is 2.20. The van der Waals surface area contributed by atoms with E-state index in [0.29, 0.717) is 6.42 Å². The van der Waals surface area contributed by atoms with Crippen LogP contribution in [0.25, 0.3) is 0 Å². The Morgan fingerprint density at radius 3 is 2.94 bits per heavy atom. The standard InChI is InChI=1S/C13H19N3/c1-11(15)8-12-2-7-16(9-12)10-13(3-4-13)5-6-14/h2,7,9,11H,3-5,8,10,15H2,1H3. The minimum atomic E-state index is 0.213. The molecule has 1 unspecified atom stereocenters. The van der Waals surface area contributed by atoms with Crippen molar-refractivity contribution in [3.05, 3.63) is 24.0 Å². The third kappa shape index (κ3) is 2.65. The summed E-state index contributed by atoms with van der Waals surface area (Å²) in [6.45, 7) is 3.01. The highest BCUT2D eigenvalue weighted by Crippen LogP contribution is 2.49. The second kappa shape index (κ2) is 4.31. The van der Waals surface area contributed by atoms with Crippen LogP contribution in [-0.2, 0) is 13.0 Å². The number of nitriles is 1. The molecule has 2 N–H and O–H groups in total. The zero-order valence-electron chi connectivity index (χ0n) is 9.82. The van der Waals surface area contributed by atoms with Gasteiger partial charge in [0.25, 0.3) is 0 Å². The molecule has 1 fully saturated rings. The predicted octanol–water partition coefficient (Wildman–Crippen LogP) is 2.07. The Labute approximate surface area is 96.9 Å². The normalized spacial score (nSPS) is 19.1. The fraction of sp³-hybridized carbons (Fsp3) is 0.615. The Morgan fingerprint density at radius 1 is 1.62 bits per heavy atom. The quantitative estimate of drug-likeness (QED) is 0.821. The van der Waals surface area contributed by atoms with Crippen LogP contribution in [0.3, 0.4) is 0 Å². The molecule has 1 heterocycles. The molecule has 1 aromatic rings. The minimum Gasteiger partial charge on any atom is -0.353 e. The van der Waals surface area contributed by atoms with E-state index in [1.54, 1.807) is 0 Å². The van der Waals surface area contributed by atoms with Crippen LogP contribution >= 0.6 is 0 Å². The summed E-state index contributed by atoms with van der Waals surface area (Å²) in [6.07, 6.45) is 8.28. The summed E-state index contributed by atoms with van der Waals surface area (Å²) >= 11 is 0. The summed E-state index contributed by atoms with van der Waals surface area (Å²) < 4.78 is 2.21. The number of aromatic nitrogens is 1. The highest BCUT2D eigenvalue weighted by atomic mass is 15.0. The van der Waals surface area contributed by atoms with E-state index in [1.807, 2.05) is 6.92 Å². The molecule has 0 aliphatic heterocycles. The molecule has 0 amide bonds. The van der Waals surface area contributed by atoms with E-state index in [4.69, 9.17) is 11.0 Å². The highest BCUT2D eigenvalue weighted by molar-refractivity contribution is 5.13. The van der Waals surface area contributed by atoms with Gasteiger partial charge in [0.2, 0.25) is 0 Å². The molecule has 16 heavy (non-hydrogen) atoms. The molecule has 1 aliphatic rings. The molecule has 0 spiro atoms. The molecule has 1 atom stereocenters. The van der Waals surface area contributed by atoms with E-state index >= 15 is 0 Å². The molecule has 1 aromatic heterocycles. The Bertz CT molecular complexity index is 394. The van der Waals surface area contributed by atoms with Gasteiger partial charge in [-0.1, -0.05) is 0 Å². The molecule has 1 saturated carbocycles. The van der Waals surface area contributed by atoms with Crippen molar-refractivity contribution >= 4 is 0 Å². The maximum atomic E-state index is 8.77. The van der Waals surface area contributed by atoms with Gasteiger partial charge in [-0.05, 0) is 37.8 Å². The van der Waals surface area contributed by atoms with Gasteiger partial charge in [-0.2, -0.15) is 5.26 Å². The molecule has 0 saturated heterocycles. The number of hydrogen-bond donors (Lipinski definition) is 1. The van der Waals surface area contributed by atoms with Crippen LogP contribution in [0.2, 0.25) is 0 Å². The van der Waals surface area contributed by atoms with Gasteiger partial charge in [0, 0.05) is 36.8 Å². The summed E-state index contributed by atoms with van der Waals surface area (Å²) in [4.78, 5) is 0. The molecule has 3 heteroatoms. The van der Waals surface area contributed by atoms with Crippen LogP contribution in [0, 0.1) is 16.7 Å². The van der Waals surface area contributed by atoms with Crippen molar-refractivity contribution in [1.82, 2.24) is 4.57 Å². The van der Waals surface area contributed by atoms with Crippen molar-refractivity contribution in [3.8, 4) is 6.07 Å². The van der Waals surface area contributed by atoms with Crippen LogP contribution in [0.5, 0.6) is 0 Å². The van der Waals surface area contributed by atoms with Crippen LogP contribution in [0.4, 0.5) is 0 Å². The van der Waals surface area contributed by atoms with Crippen LogP contribution in [-0.4, -0.2) is 10.6 Å². The second-order valence-electron chi connectivity index (χ2n) is 5.21. The van der Waals surface area contributed by atoms with Crippen molar-refractivity contribution in [2.75, 3.05) is 0 Å². The molecule has 2 rings (SSSR count). The van der Waals surface area contributed by atoms with E-state index in [0.717, 1.165) is 13.0 Å². The lowest BCUT2D eigenvalue weighted by Gasteiger charge is -2.11. The van der Waals surface area contributed by atoms with Crippen molar-refractivity contribution in [2.24, 2.45) is 11.1 Å². The molecule has 1 aliphatic carbocycles. The molecular weight excluding hydrogens is 198 g/mol. The van der Waals surface area contributed by atoms with Gasteiger partial charge in [0.05, 0.1) is 6.07 Å². The number of nitrogens with zero attached hydrogens (tertiary/aromatic N) is 2. The zero-order valence-corrected chi connectivity index (χ0v) is 9.82. The van der Waals surface area contributed by atoms with Gasteiger partial charge in [-0.25, -0.2) is 0 Å². The van der Waals surface area contributed by atoms with Crippen molar-refractivity contribution in [3.63, 3.8) is 0 Å².